The van der Waals surface area contributed by atoms with Crippen molar-refractivity contribution in [3.63, 3.8) is 0 Å². The number of amides is 3. The second kappa shape index (κ2) is 12.0. The maximum atomic E-state index is 13.1. The Kier molecular flexibility index (Phi) is 9.05. The number of benzene rings is 2. The van der Waals surface area contributed by atoms with Crippen LogP contribution < -0.4 is 10.6 Å². The average molecular weight is 540 g/mol. The zero-order chi connectivity index (χ0) is 26.3. The van der Waals surface area contributed by atoms with Gasteiger partial charge < -0.3 is 20.0 Å². The summed E-state index contributed by atoms with van der Waals surface area (Å²) in [6, 6.07) is 13.2. The summed E-state index contributed by atoms with van der Waals surface area (Å²) in [7, 11) is 0. The molecule has 12 heteroatoms. The maximum absolute atomic E-state index is 13.1. The molecule has 0 unspecified atom stereocenters. The first-order chi connectivity index (χ1) is 17.0. The fourth-order valence-electron chi connectivity index (χ4n) is 3.09. The Balaban J connectivity index is 1.66. The van der Waals surface area contributed by atoms with Crippen LogP contribution in [0.25, 0.3) is 0 Å². The van der Waals surface area contributed by atoms with E-state index >= 15 is 0 Å². The van der Waals surface area contributed by atoms with Crippen LogP contribution >= 0.6 is 23.4 Å². The number of carbonyl (C=O) groups excluding carboxylic acids is 3. The van der Waals surface area contributed by atoms with Crippen LogP contribution in [0.15, 0.2) is 70.2 Å². The molecule has 0 spiro atoms. The van der Waals surface area contributed by atoms with Crippen molar-refractivity contribution in [3.05, 3.63) is 77.2 Å². The number of carbonyl (C=O) groups is 3. The van der Waals surface area contributed by atoms with Gasteiger partial charge in [-0.15, -0.1) is 11.8 Å². The van der Waals surface area contributed by atoms with Gasteiger partial charge in [0.1, 0.15) is 12.3 Å². The zero-order valence-electron chi connectivity index (χ0n) is 18.9. The molecule has 0 saturated carbocycles. The number of halogens is 4. The molecule has 0 bridgehead atoms. The summed E-state index contributed by atoms with van der Waals surface area (Å²) >= 11 is 6.85. The predicted molar refractivity (Wildman–Crippen MR) is 131 cm³/mol. The molecule has 1 heterocycles. The third-order valence-electron chi connectivity index (χ3n) is 4.71. The number of hydrogen-bond acceptors (Lipinski definition) is 5. The van der Waals surface area contributed by atoms with Gasteiger partial charge in [-0.25, -0.2) is 0 Å². The van der Waals surface area contributed by atoms with E-state index in [0.29, 0.717) is 11.4 Å². The number of furan rings is 1. The Hall–Kier alpha value is -3.44. The van der Waals surface area contributed by atoms with Crippen molar-refractivity contribution in [2.75, 3.05) is 22.9 Å². The molecule has 3 amide bonds. The molecule has 7 nitrogen and oxygen atoms in total. The van der Waals surface area contributed by atoms with Crippen LogP contribution in [0, 0.1) is 0 Å². The van der Waals surface area contributed by atoms with Crippen molar-refractivity contribution in [2.24, 2.45) is 0 Å². The fourth-order valence-corrected chi connectivity index (χ4v) is 4.12. The van der Waals surface area contributed by atoms with Crippen molar-refractivity contribution < 1.29 is 32.0 Å². The monoisotopic (exact) mass is 539 g/mol. The number of thioether (sulfide) groups is 1. The molecule has 3 rings (SSSR count). The molecule has 0 aliphatic heterocycles. The Labute approximate surface area is 214 Å². The van der Waals surface area contributed by atoms with E-state index in [2.05, 4.69) is 10.6 Å². The summed E-state index contributed by atoms with van der Waals surface area (Å²) in [5.74, 6) is -0.844. The van der Waals surface area contributed by atoms with Gasteiger partial charge in [-0.05, 0) is 54.6 Å². The molecule has 36 heavy (non-hydrogen) atoms. The molecule has 2 N–H and O–H groups in total. The van der Waals surface area contributed by atoms with Gasteiger partial charge in [0.05, 0.1) is 29.1 Å². The first-order valence-electron chi connectivity index (χ1n) is 10.5. The number of nitrogens with zero attached hydrogens (tertiary/aromatic N) is 1. The molecular weight excluding hydrogens is 519 g/mol. The standard InChI is InChI=1S/C24H21ClF3N3O4S/c1-15(32)29-16-4-7-19(8-5-16)36-14-23(34)31(12-18-3-2-10-35-18)13-22(33)30-17-6-9-21(25)20(11-17)24(26,27)28/h2-11H,12-14H2,1H3,(H,29,32)(H,30,33). The lowest BCUT2D eigenvalue weighted by Gasteiger charge is -2.21. The first kappa shape index (κ1) is 27.2. The summed E-state index contributed by atoms with van der Waals surface area (Å²) in [5.41, 5.74) is -0.563. The third kappa shape index (κ3) is 8.06. The summed E-state index contributed by atoms with van der Waals surface area (Å²) in [5, 5.41) is 4.54. The topological polar surface area (TPSA) is 91.7 Å². The SMILES string of the molecule is CC(=O)Nc1ccc(SCC(=O)N(CC(=O)Nc2ccc(Cl)c(C(F)(F)F)c2)Cc2ccco2)cc1. The highest BCUT2D eigenvalue weighted by Gasteiger charge is 2.33. The Bertz CT molecular complexity index is 1220. The van der Waals surface area contributed by atoms with Crippen molar-refractivity contribution in [1.82, 2.24) is 4.90 Å². The molecule has 0 atom stereocenters. The van der Waals surface area contributed by atoms with E-state index in [1.807, 2.05) is 0 Å². The number of alkyl halides is 3. The number of hydrogen-bond donors (Lipinski definition) is 2. The number of anilines is 2. The number of nitrogens with one attached hydrogen (secondary N) is 2. The van der Waals surface area contributed by atoms with Gasteiger partial charge >= 0.3 is 6.18 Å². The van der Waals surface area contributed by atoms with Crippen molar-refractivity contribution in [2.45, 2.75) is 24.5 Å². The maximum Gasteiger partial charge on any atom is 0.417 e. The van der Waals surface area contributed by atoms with Crippen molar-refractivity contribution >= 4 is 52.5 Å². The van der Waals surface area contributed by atoms with E-state index in [1.54, 1.807) is 36.4 Å². The smallest absolute Gasteiger partial charge is 0.417 e. The van der Waals surface area contributed by atoms with Crippen LogP contribution in [-0.4, -0.2) is 34.9 Å². The molecule has 0 aliphatic carbocycles. The van der Waals surface area contributed by atoms with Crippen LogP contribution in [-0.2, 0) is 27.1 Å². The highest BCUT2D eigenvalue weighted by Crippen LogP contribution is 2.36. The molecule has 0 radical (unpaired) electrons. The first-order valence-corrected chi connectivity index (χ1v) is 11.8. The molecule has 2 aromatic carbocycles. The van der Waals surface area contributed by atoms with Crippen LogP contribution in [0.2, 0.25) is 5.02 Å². The van der Waals surface area contributed by atoms with Crippen molar-refractivity contribution in [3.8, 4) is 0 Å². The lowest BCUT2D eigenvalue weighted by Crippen LogP contribution is -2.38. The quantitative estimate of drug-likeness (QED) is 0.342. The minimum atomic E-state index is -4.68. The van der Waals surface area contributed by atoms with Gasteiger partial charge in [0.25, 0.3) is 0 Å². The Morgan fingerprint density at radius 2 is 1.72 bits per heavy atom. The molecule has 0 fully saturated rings. The van der Waals surface area contributed by atoms with E-state index in [-0.39, 0.29) is 29.8 Å². The van der Waals surface area contributed by atoms with Gasteiger partial charge in [-0.1, -0.05) is 11.6 Å². The largest absolute Gasteiger partial charge is 0.467 e. The van der Waals surface area contributed by atoms with Crippen molar-refractivity contribution in [1.29, 1.82) is 0 Å². The van der Waals surface area contributed by atoms with Crippen LogP contribution in [0.5, 0.6) is 0 Å². The highest BCUT2D eigenvalue weighted by molar-refractivity contribution is 8.00. The zero-order valence-corrected chi connectivity index (χ0v) is 20.5. The lowest BCUT2D eigenvalue weighted by molar-refractivity contribution is -0.137. The third-order valence-corrected chi connectivity index (χ3v) is 6.03. The molecule has 0 aliphatic rings. The van der Waals surface area contributed by atoms with Crippen LogP contribution in [0.1, 0.15) is 18.2 Å². The van der Waals surface area contributed by atoms with E-state index < -0.39 is 29.2 Å². The van der Waals surface area contributed by atoms with Crippen LogP contribution in [0.4, 0.5) is 24.5 Å². The highest BCUT2D eigenvalue weighted by atomic mass is 35.5. The van der Waals surface area contributed by atoms with Gasteiger partial charge in [-0.3, -0.25) is 14.4 Å². The van der Waals surface area contributed by atoms with Gasteiger partial charge in [-0.2, -0.15) is 13.2 Å². The second-order valence-electron chi connectivity index (χ2n) is 7.56. The molecule has 190 valence electrons. The summed E-state index contributed by atoms with van der Waals surface area (Å²) in [4.78, 5) is 38.7. The van der Waals surface area contributed by atoms with E-state index in [9.17, 15) is 27.6 Å². The Morgan fingerprint density at radius 3 is 2.33 bits per heavy atom. The average Bonchev–Trinajstić information content (AvgIpc) is 3.31. The lowest BCUT2D eigenvalue weighted by atomic mass is 10.2. The Morgan fingerprint density at radius 1 is 1.03 bits per heavy atom. The van der Waals surface area contributed by atoms with Gasteiger partial charge in [0.2, 0.25) is 17.7 Å². The minimum absolute atomic E-state index is 0.00426. The molecule has 1 aromatic heterocycles. The molecule has 0 saturated heterocycles. The van der Waals surface area contributed by atoms with E-state index in [1.165, 1.54) is 35.9 Å². The summed E-state index contributed by atoms with van der Waals surface area (Å²) < 4.78 is 44.6. The minimum Gasteiger partial charge on any atom is -0.467 e. The summed E-state index contributed by atoms with van der Waals surface area (Å²) in [6.07, 6.45) is -3.26. The normalized spacial score (nSPS) is 11.1. The van der Waals surface area contributed by atoms with Crippen LogP contribution in [0.3, 0.4) is 0 Å². The predicted octanol–water partition coefficient (Wildman–Crippen LogP) is 5.67. The summed E-state index contributed by atoms with van der Waals surface area (Å²) in [6.45, 7) is 0.981. The second-order valence-corrected chi connectivity index (χ2v) is 9.02. The molecular formula is C24H21ClF3N3O4S. The number of rotatable bonds is 9. The van der Waals surface area contributed by atoms with E-state index in [4.69, 9.17) is 16.0 Å². The molecule has 3 aromatic rings. The fraction of sp³-hybridized carbons (Fsp3) is 0.208. The van der Waals surface area contributed by atoms with Gasteiger partial charge in [0.15, 0.2) is 0 Å². The van der Waals surface area contributed by atoms with E-state index in [0.717, 1.165) is 17.0 Å². The van der Waals surface area contributed by atoms with Gasteiger partial charge in [0, 0.05) is 23.2 Å².